The Morgan fingerprint density at radius 2 is 1.56 bits per heavy atom. The largest absolute Gasteiger partial charge is 0.349 e. The molecule has 1 aliphatic heterocycles. The summed E-state index contributed by atoms with van der Waals surface area (Å²) in [5, 5.41) is 13.8. The molecule has 3 heteroatoms. The third-order valence-corrected chi connectivity index (χ3v) is 3.49. The maximum atomic E-state index is 12.7. The lowest BCUT2D eigenvalue weighted by molar-refractivity contribution is -0.363. The third kappa shape index (κ3) is 1.87. The molecule has 3 nitrogen and oxygen atoms in total. The number of hydroxylamine groups is 2. The highest BCUT2D eigenvalue weighted by Gasteiger charge is 2.54. The summed E-state index contributed by atoms with van der Waals surface area (Å²) in [7, 11) is 0. The maximum Gasteiger partial charge on any atom is 0.171 e. The molecule has 0 N–H and O–H groups in total. The van der Waals surface area contributed by atoms with Crippen molar-refractivity contribution in [2.45, 2.75) is 58.4 Å². The summed E-state index contributed by atoms with van der Waals surface area (Å²) >= 11 is 0. The summed E-state index contributed by atoms with van der Waals surface area (Å²) in [6.07, 6.45) is 0. The normalized spacial score (nSPS) is 27.3. The van der Waals surface area contributed by atoms with E-state index in [1.165, 1.54) is 0 Å². The molecule has 1 heterocycles. The van der Waals surface area contributed by atoms with Crippen molar-refractivity contribution in [3.05, 3.63) is 35.4 Å². The van der Waals surface area contributed by atoms with Crippen molar-refractivity contribution in [1.82, 2.24) is 5.06 Å². The number of fused-ring (bicyclic) bond motifs is 1. The molecule has 0 spiro atoms. The minimum Gasteiger partial charge on any atom is -0.349 e. The van der Waals surface area contributed by atoms with E-state index in [2.05, 4.69) is 0 Å². The van der Waals surface area contributed by atoms with Gasteiger partial charge in [0.2, 0.25) is 0 Å². The smallest absolute Gasteiger partial charge is 0.171 e. The molecule has 0 saturated carbocycles. The van der Waals surface area contributed by atoms with Crippen molar-refractivity contribution in [3.63, 3.8) is 0 Å². The van der Waals surface area contributed by atoms with E-state index in [0.717, 1.165) is 16.2 Å². The molecular formula is C15H22NO2. The zero-order valence-electron chi connectivity index (χ0n) is 12.1. The second-order valence-corrected chi connectivity index (χ2v) is 6.60. The molecule has 0 amide bonds. The van der Waals surface area contributed by atoms with Crippen LogP contribution in [0.25, 0.3) is 0 Å². The van der Waals surface area contributed by atoms with Gasteiger partial charge in [-0.2, -0.15) is 0 Å². The predicted octanol–water partition coefficient (Wildman–Crippen LogP) is 3.57. The van der Waals surface area contributed by atoms with Gasteiger partial charge in [0, 0.05) is 5.56 Å². The molecule has 1 aromatic carbocycles. The summed E-state index contributed by atoms with van der Waals surface area (Å²) < 4.78 is 6.07. The van der Waals surface area contributed by atoms with Gasteiger partial charge >= 0.3 is 0 Å². The molecule has 1 aliphatic rings. The fraction of sp³-hybridized carbons (Fsp3) is 0.600. The maximum absolute atomic E-state index is 12.7. The van der Waals surface area contributed by atoms with Crippen molar-refractivity contribution in [2.75, 3.05) is 0 Å². The summed E-state index contributed by atoms with van der Waals surface area (Å²) in [6, 6.07) is 7.92. The molecule has 99 valence electrons. The molecule has 0 bridgehead atoms. The Morgan fingerprint density at radius 3 is 2.06 bits per heavy atom. The van der Waals surface area contributed by atoms with Gasteiger partial charge in [0.25, 0.3) is 0 Å². The van der Waals surface area contributed by atoms with Crippen molar-refractivity contribution in [2.24, 2.45) is 0 Å². The van der Waals surface area contributed by atoms with Gasteiger partial charge in [0.05, 0.1) is 11.1 Å². The lowest BCUT2D eigenvalue weighted by Crippen LogP contribution is -2.48. The number of rotatable bonds is 1. The Hall–Kier alpha value is -0.900. The third-order valence-electron chi connectivity index (χ3n) is 3.49. The van der Waals surface area contributed by atoms with Crippen LogP contribution in [0.3, 0.4) is 0 Å². The minimum absolute atomic E-state index is 0.370. The van der Waals surface area contributed by atoms with Gasteiger partial charge in [0.1, 0.15) is 0 Å². The molecule has 0 aromatic heterocycles. The van der Waals surface area contributed by atoms with Gasteiger partial charge in [-0.05, 0) is 47.1 Å². The van der Waals surface area contributed by atoms with Crippen LogP contribution < -0.4 is 0 Å². The number of ether oxygens (including phenoxy) is 1. The SMILES string of the molecule is CC(C)(C)OC1(C)c2ccccc2C(C)(C)N1[O]. The lowest BCUT2D eigenvalue weighted by atomic mass is 9.93. The topological polar surface area (TPSA) is 32.4 Å². The number of nitrogens with zero attached hydrogens (tertiary/aromatic N) is 1. The highest BCUT2D eigenvalue weighted by molar-refractivity contribution is 5.41. The summed E-state index contributed by atoms with van der Waals surface area (Å²) in [5.74, 6) is 0. The Morgan fingerprint density at radius 1 is 1.06 bits per heavy atom. The molecule has 1 unspecified atom stereocenters. The van der Waals surface area contributed by atoms with Crippen LogP contribution in [0.1, 0.15) is 52.7 Å². The quantitative estimate of drug-likeness (QED) is 0.761. The molecule has 0 fully saturated rings. The van der Waals surface area contributed by atoms with Crippen molar-refractivity contribution >= 4 is 0 Å². The van der Waals surface area contributed by atoms with Crippen LogP contribution >= 0.6 is 0 Å². The van der Waals surface area contributed by atoms with E-state index in [4.69, 9.17) is 4.74 Å². The average molecular weight is 248 g/mol. The molecule has 1 aromatic rings. The first kappa shape index (κ1) is 13.5. The van der Waals surface area contributed by atoms with E-state index < -0.39 is 11.3 Å². The fourth-order valence-corrected chi connectivity index (χ4v) is 2.87. The van der Waals surface area contributed by atoms with Crippen molar-refractivity contribution in [1.29, 1.82) is 0 Å². The average Bonchev–Trinajstić information content (AvgIpc) is 2.38. The molecule has 2 rings (SSSR count). The van der Waals surface area contributed by atoms with E-state index in [1.807, 2.05) is 65.8 Å². The van der Waals surface area contributed by atoms with Crippen LogP contribution in [0, 0.1) is 0 Å². The van der Waals surface area contributed by atoms with E-state index in [1.54, 1.807) is 0 Å². The van der Waals surface area contributed by atoms with Gasteiger partial charge in [0.15, 0.2) is 5.72 Å². The van der Waals surface area contributed by atoms with Crippen LogP contribution in [0.5, 0.6) is 0 Å². The second-order valence-electron chi connectivity index (χ2n) is 6.60. The van der Waals surface area contributed by atoms with Crippen molar-refractivity contribution < 1.29 is 9.94 Å². The first-order valence-corrected chi connectivity index (χ1v) is 6.37. The Balaban J connectivity index is 2.57. The van der Waals surface area contributed by atoms with Crippen LogP contribution in [-0.4, -0.2) is 10.7 Å². The van der Waals surface area contributed by atoms with Gasteiger partial charge in [-0.25, -0.2) is 0 Å². The fourth-order valence-electron chi connectivity index (χ4n) is 2.87. The number of hydrogen-bond acceptors (Lipinski definition) is 2. The van der Waals surface area contributed by atoms with Gasteiger partial charge < -0.3 is 4.74 Å². The van der Waals surface area contributed by atoms with Crippen LogP contribution in [-0.2, 0) is 21.2 Å². The van der Waals surface area contributed by atoms with E-state index in [0.29, 0.717) is 0 Å². The van der Waals surface area contributed by atoms with E-state index >= 15 is 0 Å². The summed E-state index contributed by atoms with van der Waals surface area (Å²) in [5.41, 5.74) is 0.173. The predicted molar refractivity (Wildman–Crippen MR) is 70.2 cm³/mol. The summed E-state index contributed by atoms with van der Waals surface area (Å²) in [6.45, 7) is 11.7. The second kappa shape index (κ2) is 3.80. The van der Waals surface area contributed by atoms with Gasteiger partial charge in [-0.3, -0.25) is 0 Å². The van der Waals surface area contributed by atoms with Crippen molar-refractivity contribution in [3.8, 4) is 0 Å². The van der Waals surface area contributed by atoms with E-state index in [9.17, 15) is 5.21 Å². The Labute approximate surface area is 109 Å². The molecular weight excluding hydrogens is 226 g/mol. The zero-order chi connectivity index (χ0) is 13.8. The number of benzene rings is 1. The van der Waals surface area contributed by atoms with Gasteiger partial charge in [-0.1, -0.05) is 24.3 Å². The molecule has 0 aliphatic carbocycles. The number of hydrogen-bond donors (Lipinski definition) is 0. The summed E-state index contributed by atoms with van der Waals surface area (Å²) in [4.78, 5) is 0. The Kier molecular flexibility index (Phi) is 2.85. The van der Waals surface area contributed by atoms with Crippen LogP contribution in [0.2, 0.25) is 0 Å². The van der Waals surface area contributed by atoms with Crippen LogP contribution in [0.4, 0.5) is 0 Å². The highest BCUT2D eigenvalue weighted by Crippen LogP contribution is 2.50. The lowest BCUT2D eigenvalue weighted by Gasteiger charge is -2.39. The first-order valence-electron chi connectivity index (χ1n) is 6.37. The standard InChI is InChI=1S/C15H22NO2/c1-13(2,3)18-15(6)12-10-8-7-9-11(12)14(4,5)16(15)17/h7-10H,1-6H3. The molecule has 1 atom stereocenters. The highest BCUT2D eigenvalue weighted by atomic mass is 16.6. The monoisotopic (exact) mass is 248 g/mol. The Bertz CT molecular complexity index is 462. The first-order chi connectivity index (χ1) is 8.09. The zero-order valence-corrected chi connectivity index (χ0v) is 12.1. The molecule has 18 heavy (non-hydrogen) atoms. The minimum atomic E-state index is -0.918. The van der Waals surface area contributed by atoms with E-state index in [-0.39, 0.29) is 5.60 Å². The molecule has 0 saturated heterocycles. The molecule has 1 radical (unpaired) electrons. The van der Waals surface area contributed by atoms with Gasteiger partial charge in [-0.15, -0.1) is 10.3 Å². The van der Waals surface area contributed by atoms with Crippen LogP contribution in [0.15, 0.2) is 24.3 Å².